The number of rotatable bonds is 5. The van der Waals surface area contributed by atoms with Crippen molar-refractivity contribution in [3.8, 4) is 6.07 Å². The molecule has 2 N–H and O–H groups in total. The zero-order valence-corrected chi connectivity index (χ0v) is 8.82. The van der Waals surface area contributed by atoms with Crippen molar-refractivity contribution in [2.45, 2.75) is 19.8 Å². The summed E-state index contributed by atoms with van der Waals surface area (Å²) in [6.45, 7) is 1.32. The standard InChI is InChI=1S/C8H13N3O2S/c1-7(12)10-11-8(13)6-14-5-3-2-4-9/h2-3,5-6H2,1H3,(H,10,12)(H,11,13). The fraction of sp³-hybridized carbons (Fsp3) is 0.625. The lowest BCUT2D eigenvalue weighted by atomic mass is 10.4. The molecule has 0 atom stereocenters. The smallest absolute Gasteiger partial charge is 0.248 e. The van der Waals surface area contributed by atoms with Crippen molar-refractivity contribution in [1.82, 2.24) is 10.9 Å². The largest absolute Gasteiger partial charge is 0.274 e. The van der Waals surface area contributed by atoms with Gasteiger partial charge in [-0.15, -0.1) is 0 Å². The minimum absolute atomic E-state index is 0.234. The van der Waals surface area contributed by atoms with Crippen molar-refractivity contribution in [3.63, 3.8) is 0 Å². The van der Waals surface area contributed by atoms with Crippen LogP contribution in [0, 0.1) is 11.3 Å². The summed E-state index contributed by atoms with van der Waals surface area (Å²) in [5.41, 5.74) is 4.44. The Bertz CT molecular complexity index is 237. The Morgan fingerprint density at radius 1 is 1.43 bits per heavy atom. The molecule has 0 aromatic heterocycles. The second-order valence-corrected chi connectivity index (χ2v) is 3.65. The molecule has 0 unspecified atom stereocenters. The molecule has 0 rings (SSSR count). The Kier molecular flexibility index (Phi) is 7.65. The predicted molar refractivity (Wildman–Crippen MR) is 54.1 cm³/mol. The minimum atomic E-state index is -0.298. The van der Waals surface area contributed by atoms with Crippen molar-refractivity contribution in [1.29, 1.82) is 5.26 Å². The molecule has 2 amide bonds. The lowest BCUT2D eigenvalue weighted by molar-refractivity contribution is -0.126. The highest BCUT2D eigenvalue weighted by molar-refractivity contribution is 7.99. The number of hydrogen-bond donors (Lipinski definition) is 2. The lowest BCUT2D eigenvalue weighted by Crippen LogP contribution is -2.41. The first kappa shape index (κ1) is 12.8. The highest BCUT2D eigenvalue weighted by Gasteiger charge is 2.00. The topological polar surface area (TPSA) is 82.0 Å². The fourth-order valence-electron chi connectivity index (χ4n) is 0.612. The molecule has 0 bridgehead atoms. The maximum atomic E-state index is 11.0. The molecule has 0 fully saturated rings. The van der Waals surface area contributed by atoms with Crippen LogP contribution in [0.25, 0.3) is 0 Å². The first-order valence-electron chi connectivity index (χ1n) is 4.17. The molecule has 0 saturated heterocycles. The predicted octanol–water partition coefficient (Wildman–Crippen LogP) is 0.191. The molecule has 0 aliphatic carbocycles. The molecular formula is C8H13N3O2S. The molecule has 0 heterocycles. The Labute approximate surface area is 87.2 Å². The van der Waals surface area contributed by atoms with Crippen LogP contribution in [0.4, 0.5) is 0 Å². The summed E-state index contributed by atoms with van der Waals surface area (Å²) < 4.78 is 0. The van der Waals surface area contributed by atoms with E-state index in [1.807, 2.05) is 6.07 Å². The first-order valence-corrected chi connectivity index (χ1v) is 5.32. The number of nitrogens with zero attached hydrogens (tertiary/aromatic N) is 1. The third kappa shape index (κ3) is 8.87. The number of nitrogens with one attached hydrogen (secondary N) is 2. The fourth-order valence-corrected chi connectivity index (χ4v) is 1.36. The van der Waals surface area contributed by atoms with Gasteiger partial charge in [0.15, 0.2) is 0 Å². The van der Waals surface area contributed by atoms with Gasteiger partial charge >= 0.3 is 0 Å². The van der Waals surface area contributed by atoms with Crippen molar-refractivity contribution >= 4 is 23.6 Å². The van der Waals surface area contributed by atoms with Crippen LogP contribution in [0.5, 0.6) is 0 Å². The van der Waals surface area contributed by atoms with E-state index in [1.54, 1.807) is 0 Å². The summed E-state index contributed by atoms with van der Waals surface area (Å²) >= 11 is 1.44. The highest BCUT2D eigenvalue weighted by atomic mass is 32.2. The highest BCUT2D eigenvalue weighted by Crippen LogP contribution is 2.02. The quantitative estimate of drug-likeness (QED) is 0.506. The van der Waals surface area contributed by atoms with Gasteiger partial charge in [-0.2, -0.15) is 17.0 Å². The molecule has 5 nitrogen and oxygen atoms in total. The molecule has 14 heavy (non-hydrogen) atoms. The van der Waals surface area contributed by atoms with Gasteiger partial charge in [-0.3, -0.25) is 20.4 Å². The number of hydrazine groups is 1. The van der Waals surface area contributed by atoms with Crippen LogP contribution in [0.1, 0.15) is 19.8 Å². The zero-order chi connectivity index (χ0) is 10.8. The Morgan fingerprint density at radius 3 is 2.71 bits per heavy atom. The molecule has 78 valence electrons. The monoisotopic (exact) mass is 215 g/mol. The molecule has 6 heteroatoms. The number of amides is 2. The number of hydrogen-bond acceptors (Lipinski definition) is 4. The number of nitriles is 1. The zero-order valence-electron chi connectivity index (χ0n) is 8.00. The molecule has 0 aromatic carbocycles. The summed E-state index contributed by atoms with van der Waals surface area (Å²) in [4.78, 5) is 21.4. The van der Waals surface area contributed by atoms with Crippen LogP contribution in [-0.2, 0) is 9.59 Å². The van der Waals surface area contributed by atoms with E-state index in [1.165, 1.54) is 18.7 Å². The molecule has 0 radical (unpaired) electrons. The van der Waals surface area contributed by atoms with Crippen molar-refractivity contribution < 1.29 is 9.59 Å². The molecule has 0 aliphatic heterocycles. The Balaban J connectivity index is 3.28. The van der Waals surface area contributed by atoms with E-state index >= 15 is 0 Å². The van der Waals surface area contributed by atoms with Gasteiger partial charge in [-0.05, 0) is 12.2 Å². The van der Waals surface area contributed by atoms with Crippen LogP contribution in [0.2, 0.25) is 0 Å². The average molecular weight is 215 g/mol. The summed E-state index contributed by atoms with van der Waals surface area (Å²) in [7, 11) is 0. The van der Waals surface area contributed by atoms with Gasteiger partial charge in [0, 0.05) is 13.3 Å². The third-order valence-electron chi connectivity index (χ3n) is 1.19. The van der Waals surface area contributed by atoms with Crippen molar-refractivity contribution in [2.24, 2.45) is 0 Å². The van der Waals surface area contributed by atoms with Crippen LogP contribution >= 0.6 is 11.8 Å². The second kappa shape index (κ2) is 8.38. The van der Waals surface area contributed by atoms with E-state index in [2.05, 4.69) is 10.9 Å². The summed E-state index contributed by atoms with van der Waals surface area (Å²) in [6, 6.07) is 2.03. The molecular weight excluding hydrogens is 202 g/mol. The van der Waals surface area contributed by atoms with E-state index in [9.17, 15) is 9.59 Å². The van der Waals surface area contributed by atoms with Gasteiger partial charge in [-0.25, -0.2) is 0 Å². The molecule has 0 aliphatic rings. The summed E-state index contributed by atoms with van der Waals surface area (Å²) in [6.07, 6.45) is 1.30. The lowest BCUT2D eigenvalue weighted by Gasteiger charge is -2.03. The maximum absolute atomic E-state index is 11.0. The number of unbranched alkanes of at least 4 members (excludes halogenated alkanes) is 1. The van der Waals surface area contributed by atoms with E-state index in [-0.39, 0.29) is 11.8 Å². The van der Waals surface area contributed by atoms with Crippen LogP contribution < -0.4 is 10.9 Å². The number of thioether (sulfide) groups is 1. The Hall–Kier alpha value is -1.22. The third-order valence-corrected chi connectivity index (χ3v) is 2.23. The minimum Gasteiger partial charge on any atom is -0.274 e. The van der Waals surface area contributed by atoms with Gasteiger partial charge in [0.25, 0.3) is 0 Å². The normalized spacial score (nSPS) is 8.86. The van der Waals surface area contributed by atoms with Gasteiger partial charge in [0.05, 0.1) is 11.8 Å². The summed E-state index contributed by atoms with van der Waals surface area (Å²) in [5.74, 6) is 0.544. The van der Waals surface area contributed by atoms with Crippen LogP contribution in [0.3, 0.4) is 0 Å². The van der Waals surface area contributed by atoms with E-state index in [0.29, 0.717) is 12.2 Å². The molecule has 0 saturated carbocycles. The molecule has 0 spiro atoms. The van der Waals surface area contributed by atoms with Crippen molar-refractivity contribution in [3.05, 3.63) is 0 Å². The van der Waals surface area contributed by atoms with Gasteiger partial charge in [0.2, 0.25) is 11.8 Å². The van der Waals surface area contributed by atoms with Crippen molar-refractivity contribution in [2.75, 3.05) is 11.5 Å². The summed E-state index contributed by atoms with van der Waals surface area (Å²) in [5, 5.41) is 8.23. The number of carbonyl (C=O) groups excluding carboxylic acids is 2. The van der Waals surface area contributed by atoms with Gasteiger partial charge in [-0.1, -0.05) is 0 Å². The van der Waals surface area contributed by atoms with E-state index in [4.69, 9.17) is 5.26 Å². The van der Waals surface area contributed by atoms with E-state index in [0.717, 1.165) is 12.2 Å². The maximum Gasteiger partial charge on any atom is 0.248 e. The molecule has 0 aromatic rings. The van der Waals surface area contributed by atoms with E-state index < -0.39 is 0 Å². The Morgan fingerprint density at radius 2 is 2.14 bits per heavy atom. The first-order chi connectivity index (χ1) is 6.66. The van der Waals surface area contributed by atoms with Crippen LogP contribution in [-0.4, -0.2) is 23.3 Å². The van der Waals surface area contributed by atoms with Gasteiger partial charge in [0.1, 0.15) is 0 Å². The SMILES string of the molecule is CC(=O)NNC(=O)CSCCCC#N. The van der Waals surface area contributed by atoms with Crippen LogP contribution in [0.15, 0.2) is 0 Å². The van der Waals surface area contributed by atoms with Gasteiger partial charge < -0.3 is 0 Å². The number of carbonyl (C=O) groups is 2. The average Bonchev–Trinajstić information content (AvgIpc) is 2.14. The second-order valence-electron chi connectivity index (χ2n) is 2.54.